The molecule has 0 bridgehead atoms. The lowest BCUT2D eigenvalue weighted by molar-refractivity contribution is -0.108. The van der Waals surface area contributed by atoms with Crippen molar-refractivity contribution in [1.82, 2.24) is 10.6 Å². The minimum atomic E-state index is -1.24. The highest BCUT2D eigenvalue weighted by molar-refractivity contribution is 5.97. The standard InChI is InChI=1S/C11H18FN3O3/c1-7(4-14-6-17)10(13-2)15-11-9(12)3-8(5-16)18-11/h4,6,8-9,11,16H,3,5H2,1-2H3,(H,13,15)(H,14,17)/b7-4-. The molecule has 0 aliphatic carbocycles. The van der Waals surface area contributed by atoms with Crippen molar-refractivity contribution in [2.24, 2.45) is 4.99 Å². The molecule has 0 aromatic rings. The van der Waals surface area contributed by atoms with Crippen molar-refractivity contribution in [2.75, 3.05) is 13.7 Å². The number of amides is 1. The number of carbonyl (C=O) groups is 1. The number of likely N-dealkylation sites (N-methyl/N-ethyl adjacent to an activating group) is 1. The Bertz CT molecular complexity index is 346. The molecular weight excluding hydrogens is 241 g/mol. The Balaban J connectivity index is 2.75. The van der Waals surface area contributed by atoms with Gasteiger partial charge in [0.05, 0.1) is 12.7 Å². The molecule has 0 aromatic heterocycles. The molecule has 7 heteroatoms. The number of aliphatic hydroxyl groups is 1. The maximum absolute atomic E-state index is 13.6. The number of halogens is 1. The molecule has 102 valence electrons. The van der Waals surface area contributed by atoms with Gasteiger partial charge in [-0.2, -0.15) is 0 Å². The van der Waals surface area contributed by atoms with Gasteiger partial charge >= 0.3 is 0 Å². The van der Waals surface area contributed by atoms with Crippen molar-refractivity contribution in [3.05, 3.63) is 11.8 Å². The molecule has 0 radical (unpaired) electrons. The highest BCUT2D eigenvalue weighted by Gasteiger charge is 2.35. The monoisotopic (exact) mass is 259 g/mol. The predicted octanol–water partition coefficient (Wildman–Crippen LogP) is -0.301. The van der Waals surface area contributed by atoms with E-state index in [1.165, 1.54) is 6.20 Å². The molecule has 1 aliphatic rings. The summed E-state index contributed by atoms with van der Waals surface area (Å²) in [4.78, 5) is 14.3. The van der Waals surface area contributed by atoms with Crippen LogP contribution in [-0.4, -0.2) is 49.5 Å². The summed E-state index contributed by atoms with van der Waals surface area (Å²) in [6.07, 6.45) is -0.557. The maximum Gasteiger partial charge on any atom is 0.211 e. The molecule has 6 nitrogen and oxygen atoms in total. The van der Waals surface area contributed by atoms with Gasteiger partial charge in [0, 0.05) is 25.2 Å². The van der Waals surface area contributed by atoms with Crippen LogP contribution in [0.5, 0.6) is 0 Å². The van der Waals surface area contributed by atoms with E-state index in [0.717, 1.165) is 0 Å². The highest BCUT2D eigenvalue weighted by Crippen LogP contribution is 2.24. The first-order chi connectivity index (χ1) is 8.62. The lowest BCUT2D eigenvalue weighted by Gasteiger charge is -2.12. The van der Waals surface area contributed by atoms with E-state index in [4.69, 9.17) is 9.84 Å². The third kappa shape index (κ3) is 3.78. The van der Waals surface area contributed by atoms with Crippen molar-refractivity contribution >= 4 is 12.2 Å². The molecule has 0 saturated carbocycles. The number of rotatable bonds is 5. The van der Waals surface area contributed by atoms with Gasteiger partial charge < -0.3 is 20.5 Å². The second-order valence-electron chi connectivity index (χ2n) is 3.92. The number of nitrogens with zero attached hydrogens (tertiary/aromatic N) is 1. The maximum atomic E-state index is 13.6. The molecule has 3 N–H and O–H groups in total. The van der Waals surface area contributed by atoms with Gasteiger partial charge in [-0.05, 0) is 6.92 Å². The number of alkyl halides is 1. The topological polar surface area (TPSA) is 83.0 Å². The van der Waals surface area contributed by atoms with Gasteiger partial charge in [0.15, 0.2) is 6.23 Å². The van der Waals surface area contributed by atoms with Gasteiger partial charge in [-0.3, -0.25) is 4.79 Å². The van der Waals surface area contributed by atoms with Crippen LogP contribution in [0.4, 0.5) is 4.39 Å². The van der Waals surface area contributed by atoms with E-state index in [1.54, 1.807) is 14.0 Å². The molecule has 1 saturated heterocycles. The van der Waals surface area contributed by atoms with Gasteiger partial charge in [-0.15, -0.1) is 0 Å². The average Bonchev–Trinajstić information content (AvgIpc) is 2.73. The van der Waals surface area contributed by atoms with Crippen molar-refractivity contribution in [3.63, 3.8) is 0 Å². The second-order valence-corrected chi connectivity index (χ2v) is 3.92. The van der Waals surface area contributed by atoms with Crippen LogP contribution in [0.1, 0.15) is 13.3 Å². The summed E-state index contributed by atoms with van der Waals surface area (Å²) >= 11 is 0. The van der Waals surface area contributed by atoms with Crippen LogP contribution in [0.25, 0.3) is 0 Å². The van der Waals surface area contributed by atoms with Gasteiger partial charge in [0.25, 0.3) is 0 Å². The molecule has 0 aromatic carbocycles. The normalized spacial score (nSPS) is 29.2. The number of nitrogens with one attached hydrogen (secondary N) is 2. The zero-order chi connectivity index (χ0) is 13.5. The van der Waals surface area contributed by atoms with Crippen LogP contribution in [0, 0.1) is 0 Å². The van der Waals surface area contributed by atoms with E-state index >= 15 is 0 Å². The van der Waals surface area contributed by atoms with Crippen molar-refractivity contribution in [1.29, 1.82) is 0 Å². The van der Waals surface area contributed by atoms with E-state index in [0.29, 0.717) is 17.8 Å². The van der Waals surface area contributed by atoms with Crippen LogP contribution in [0.2, 0.25) is 0 Å². The molecule has 1 fully saturated rings. The first-order valence-electron chi connectivity index (χ1n) is 5.65. The SMILES string of the molecule is CNC(=N/C1OC(CO)CC1F)/C(C)=C\NC=O. The second kappa shape index (κ2) is 7.07. The average molecular weight is 259 g/mol. The first kappa shape index (κ1) is 14.6. The van der Waals surface area contributed by atoms with Crippen LogP contribution in [-0.2, 0) is 9.53 Å². The summed E-state index contributed by atoms with van der Waals surface area (Å²) in [5.74, 6) is 0.426. The number of aliphatic hydroxyl groups excluding tert-OH is 1. The van der Waals surface area contributed by atoms with Crippen LogP contribution < -0.4 is 10.6 Å². The smallest absolute Gasteiger partial charge is 0.211 e. The Hall–Kier alpha value is -1.47. The van der Waals surface area contributed by atoms with E-state index in [2.05, 4.69) is 15.6 Å². The fourth-order valence-electron chi connectivity index (χ4n) is 1.65. The predicted molar refractivity (Wildman–Crippen MR) is 64.7 cm³/mol. The first-order valence-corrected chi connectivity index (χ1v) is 5.65. The molecule has 3 unspecified atom stereocenters. The zero-order valence-corrected chi connectivity index (χ0v) is 10.4. The summed E-state index contributed by atoms with van der Waals surface area (Å²) < 4.78 is 18.8. The van der Waals surface area contributed by atoms with Crippen molar-refractivity contribution < 1.29 is 19.0 Å². The Morgan fingerprint density at radius 3 is 2.89 bits per heavy atom. The molecule has 1 rings (SSSR count). The minimum Gasteiger partial charge on any atom is -0.394 e. The largest absolute Gasteiger partial charge is 0.394 e. The van der Waals surface area contributed by atoms with Gasteiger partial charge in [-0.25, -0.2) is 9.38 Å². The van der Waals surface area contributed by atoms with Crippen LogP contribution >= 0.6 is 0 Å². The third-order valence-electron chi connectivity index (χ3n) is 2.57. The van der Waals surface area contributed by atoms with Gasteiger partial charge in [0.2, 0.25) is 6.41 Å². The number of ether oxygens (including phenoxy) is 1. The third-order valence-corrected chi connectivity index (χ3v) is 2.57. The Kier molecular flexibility index (Phi) is 5.73. The Morgan fingerprint density at radius 2 is 2.39 bits per heavy atom. The van der Waals surface area contributed by atoms with Gasteiger partial charge in [-0.1, -0.05) is 0 Å². The summed E-state index contributed by atoms with van der Waals surface area (Å²) in [7, 11) is 1.64. The lowest BCUT2D eigenvalue weighted by atomic mass is 10.2. The number of hydrogen-bond acceptors (Lipinski definition) is 4. The Labute approximate surface area is 105 Å². The van der Waals surface area contributed by atoms with Crippen molar-refractivity contribution in [3.8, 4) is 0 Å². The van der Waals surface area contributed by atoms with E-state index in [-0.39, 0.29) is 13.0 Å². The van der Waals surface area contributed by atoms with E-state index in [1.807, 2.05) is 0 Å². The summed E-state index contributed by atoms with van der Waals surface area (Å²) in [5, 5.41) is 14.1. The van der Waals surface area contributed by atoms with E-state index < -0.39 is 18.5 Å². The van der Waals surface area contributed by atoms with Crippen LogP contribution in [0.15, 0.2) is 16.8 Å². The molecule has 3 atom stereocenters. The minimum absolute atomic E-state index is 0.136. The molecule has 1 aliphatic heterocycles. The summed E-state index contributed by atoms with van der Waals surface area (Å²) in [5.41, 5.74) is 0.646. The molecule has 18 heavy (non-hydrogen) atoms. The van der Waals surface area contributed by atoms with Crippen molar-refractivity contribution in [2.45, 2.75) is 31.8 Å². The summed E-state index contributed by atoms with van der Waals surface area (Å²) in [6, 6.07) is 0. The fourth-order valence-corrected chi connectivity index (χ4v) is 1.65. The van der Waals surface area contributed by atoms with E-state index in [9.17, 15) is 9.18 Å². The molecule has 1 amide bonds. The number of hydrogen-bond donors (Lipinski definition) is 3. The Morgan fingerprint density at radius 1 is 1.67 bits per heavy atom. The fraction of sp³-hybridized carbons (Fsp3) is 0.636. The number of carbonyl (C=O) groups excluding carboxylic acids is 1. The van der Waals surface area contributed by atoms with Gasteiger partial charge in [0.1, 0.15) is 12.0 Å². The molecular formula is C11H18FN3O3. The summed E-state index contributed by atoms with van der Waals surface area (Å²) in [6.45, 7) is 1.50. The quantitative estimate of drug-likeness (QED) is 0.359. The highest BCUT2D eigenvalue weighted by atomic mass is 19.1. The molecule has 1 heterocycles. The number of amidine groups is 1. The zero-order valence-electron chi connectivity index (χ0n) is 10.4. The molecule has 0 spiro atoms. The lowest BCUT2D eigenvalue weighted by Crippen LogP contribution is -2.26. The number of aliphatic imine (C=N–C) groups is 1. The van der Waals surface area contributed by atoms with Crippen LogP contribution in [0.3, 0.4) is 0 Å².